The number of fused-ring (bicyclic) bond motifs is 7. The van der Waals surface area contributed by atoms with E-state index in [9.17, 15) is 4.79 Å². The number of benzene rings is 2. The molecule has 0 aromatic heterocycles. The highest BCUT2D eigenvalue weighted by Crippen LogP contribution is 2.63. The first-order chi connectivity index (χ1) is 12.1. The first kappa shape index (κ1) is 15.4. The molecule has 1 heterocycles. The van der Waals surface area contributed by atoms with E-state index in [4.69, 9.17) is 5.11 Å². The van der Waals surface area contributed by atoms with Crippen molar-refractivity contribution in [3.8, 4) is 0 Å². The average molecular weight is 398 g/mol. The lowest BCUT2D eigenvalue weighted by molar-refractivity contribution is 0.0697. The smallest absolute Gasteiger partial charge is 0.335 e. The third-order valence-corrected chi connectivity index (χ3v) is 7.06. The van der Waals surface area contributed by atoms with Gasteiger partial charge in [-0.3, -0.25) is 0 Å². The van der Waals surface area contributed by atoms with Crippen molar-refractivity contribution in [3.05, 3.63) is 63.6 Å². The Morgan fingerprint density at radius 1 is 1.08 bits per heavy atom. The molecule has 3 nitrogen and oxygen atoms in total. The second-order valence-corrected chi connectivity index (χ2v) is 8.63. The lowest BCUT2D eigenvalue weighted by atomic mass is 9.68. The van der Waals surface area contributed by atoms with Crippen LogP contribution in [0.3, 0.4) is 0 Å². The molecule has 5 atom stereocenters. The van der Waals surface area contributed by atoms with Gasteiger partial charge in [0.2, 0.25) is 0 Å². The highest BCUT2D eigenvalue weighted by atomic mass is 79.9. The van der Waals surface area contributed by atoms with Gasteiger partial charge in [0.05, 0.1) is 11.6 Å². The second kappa shape index (κ2) is 5.60. The van der Waals surface area contributed by atoms with Crippen LogP contribution in [0.15, 0.2) is 46.9 Å². The van der Waals surface area contributed by atoms with Crippen molar-refractivity contribution in [1.82, 2.24) is 0 Å². The highest BCUT2D eigenvalue weighted by Gasteiger charge is 2.53. The Morgan fingerprint density at radius 3 is 2.60 bits per heavy atom. The molecular formula is C21H20BrNO2. The predicted octanol–water partition coefficient (Wildman–Crippen LogP) is 5.44. The summed E-state index contributed by atoms with van der Waals surface area (Å²) in [6.07, 6.45) is 4.02. The van der Waals surface area contributed by atoms with E-state index < -0.39 is 5.97 Å². The minimum atomic E-state index is -0.865. The quantitative estimate of drug-likeness (QED) is 0.708. The zero-order chi connectivity index (χ0) is 17.1. The Balaban J connectivity index is 1.58. The highest BCUT2D eigenvalue weighted by molar-refractivity contribution is 9.10. The zero-order valence-electron chi connectivity index (χ0n) is 13.8. The van der Waals surface area contributed by atoms with Gasteiger partial charge in [-0.05, 0) is 84.4 Å². The van der Waals surface area contributed by atoms with E-state index in [-0.39, 0.29) is 6.04 Å². The molecule has 2 saturated carbocycles. The van der Waals surface area contributed by atoms with Crippen molar-refractivity contribution in [1.29, 1.82) is 0 Å². The molecule has 2 fully saturated rings. The molecule has 4 heteroatoms. The minimum absolute atomic E-state index is 0.275. The molecule has 128 valence electrons. The summed E-state index contributed by atoms with van der Waals surface area (Å²) in [5.74, 6) is 1.94. The molecule has 1 aliphatic heterocycles. The number of carboxylic acids is 1. The molecule has 2 N–H and O–H groups in total. The number of carboxylic acid groups (broad SMARTS) is 1. The maximum absolute atomic E-state index is 11.2. The van der Waals surface area contributed by atoms with Crippen LogP contribution in [0.1, 0.15) is 52.7 Å². The Kier molecular flexibility index (Phi) is 3.46. The van der Waals surface area contributed by atoms with Gasteiger partial charge in [0.15, 0.2) is 0 Å². The maximum Gasteiger partial charge on any atom is 0.335 e. The normalized spacial score (nSPS) is 32.0. The van der Waals surface area contributed by atoms with Crippen molar-refractivity contribution in [2.75, 3.05) is 5.32 Å². The first-order valence-electron chi connectivity index (χ1n) is 9.01. The number of rotatable bonds is 2. The Labute approximate surface area is 155 Å². The summed E-state index contributed by atoms with van der Waals surface area (Å²) in [6.45, 7) is 0. The number of carbonyl (C=O) groups is 1. The minimum Gasteiger partial charge on any atom is -0.478 e. The topological polar surface area (TPSA) is 49.3 Å². The first-order valence-corrected chi connectivity index (χ1v) is 9.80. The summed E-state index contributed by atoms with van der Waals surface area (Å²) in [4.78, 5) is 11.2. The van der Waals surface area contributed by atoms with E-state index in [1.54, 1.807) is 12.1 Å². The number of hydrogen-bond donors (Lipinski definition) is 2. The van der Waals surface area contributed by atoms with Gasteiger partial charge in [-0.1, -0.05) is 28.1 Å². The second-order valence-electron chi connectivity index (χ2n) is 7.72. The van der Waals surface area contributed by atoms with Gasteiger partial charge in [-0.25, -0.2) is 4.79 Å². The molecule has 5 rings (SSSR count). The van der Waals surface area contributed by atoms with E-state index in [1.807, 2.05) is 12.1 Å². The van der Waals surface area contributed by atoms with Gasteiger partial charge in [0.25, 0.3) is 0 Å². The van der Waals surface area contributed by atoms with Crippen LogP contribution in [-0.2, 0) is 0 Å². The lowest BCUT2D eigenvalue weighted by Crippen LogP contribution is -2.35. The standard InChI is InChI=1S/C21H20BrNO2/c22-15-7-8-17-16(10-15)18-13-5-6-14(9-13)19(18)20(23-17)11-1-3-12(4-2-11)21(24)25/h1-4,7-8,10,13-14,18-20,23H,5-6,9H2,(H,24,25). The van der Waals surface area contributed by atoms with Crippen LogP contribution in [0.5, 0.6) is 0 Å². The number of hydrogen-bond acceptors (Lipinski definition) is 2. The van der Waals surface area contributed by atoms with Crippen LogP contribution < -0.4 is 5.32 Å². The molecule has 5 unspecified atom stereocenters. The zero-order valence-corrected chi connectivity index (χ0v) is 15.4. The SMILES string of the molecule is O=C(O)c1ccc(C2Nc3ccc(Br)cc3C3C4CCC(C4)C23)cc1. The summed E-state index contributed by atoms with van der Waals surface area (Å²) in [5.41, 5.74) is 4.27. The Morgan fingerprint density at radius 2 is 1.84 bits per heavy atom. The van der Waals surface area contributed by atoms with Crippen molar-refractivity contribution >= 4 is 27.6 Å². The van der Waals surface area contributed by atoms with Crippen molar-refractivity contribution < 1.29 is 9.90 Å². The summed E-state index contributed by atoms with van der Waals surface area (Å²) < 4.78 is 1.15. The van der Waals surface area contributed by atoms with Gasteiger partial charge >= 0.3 is 5.97 Å². The van der Waals surface area contributed by atoms with Gasteiger partial charge in [-0.2, -0.15) is 0 Å². The molecule has 2 aromatic rings. The number of anilines is 1. The van der Waals surface area contributed by atoms with Crippen LogP contribution in [0.25, 0.3) is 0 Å². The molecule has 0 saturated heterocycles. The Bertz CT molecular complexity index is 847. The largest absolute Gasteiger partial charge is 0.478 e. The molecule has 2 bridgehead atoms. The summed E-state index contributed by atoms with van der Waals surface area (Å²) in [6, 6.07) is 14.3. The van der Waals surface area contributed by atoms with Crippen LogP contribution in [0.2, 0.25) is 0 Å². The van der Waals surface area contributed by atoms with E-state index in [0.29, 0.717) is 17.4 Å². The number of aromatic carboxylic acids is 1. The van der Waals surface area contributed by atoms with Crippen LogP contribution in [-0.4, -0.2) is 11.1 Å². The van der Waals surface area contributed by atoms with Gasteiger partial charge < -0.3 is 10.4 Å². The van der Waals surface area contributed by atoms with Crippen molar-refractivity contribution in [3.63, 3.8) is 0 Å². The van der Waals surface area contributed by atoms with Gasteiger partial charge in [0.1, 0.15) is 0 Å². The molecular weight excluding hydrogens is 378 g/mol. The van der Waals surface area contributed by atoms with Crippen molar-refractivity contribution in [2.24, 2.45) is 17.8 Å². The molecule has 0 amide bonds. The Hall–Kier alpha value is -1.81. The fraction of sp³-hybridized carbons (Fsp3) is 0.381. The average Bonchev–Trinajstić information content (AvgIpc) is 3.23. The van der Waals surface area contributed by atoms with Crippen LogP contribution >= 0.6 is 15.9 Å². The summed E-state index contributed by atoms with van der Waals surface area (Å²) >= 11 is 3.64. The monoisotopic (exact) mass is 397 g/mol. The van der Waals surface area contributed by atoms with Crippen LogP contribution in [0, 0.1) is 17.8 Å². The van der Waals surface area contributed by atoms with E-state index in [1.165, 1.54) is 36.1 Å². The molecule has 3 aliphatic rings. The van der Waals surface area contributed by atoms with Crippen LogP contribution in [0.4, 0.5) is 5.69 Å². The summed E-state index contributed by atoms with van der Waals surface area (Å²) in [7, 11) is 0. The van der Waals surface area contributed by atoms with Gasteiger partial charge in [0, 0.05) is 10.2 Å². The molecule has 2 aromatic carbocycles. The molecule has 0 radical (unpaired) electrons. The number of halogens is 1. The number of nitrogens with one attached hydrogen (secondary N) is 1. The summed E-state index contributed by atoms with van der Waals surface area (Å²) in [5, 5.41) is 12.9. The fourth-order valence-corrected chi connectivity index (χ4v) is 6.00. The predicted molar refractivity (Wildman–Crippen MR) is 101 cm³/mol. The van der Waals surface area contributed by atoms with Crippen molar-refractivity contribution in [2.45, 2.75) is 31.2 Å². The van der Waals surface area contributed by atoms with Gasteiger partial charge in [-0.15, -0.1) is 0 Å². The van der Waals surface area contributed by atoms with E-state index in [2.05, 4.69) is 39.4 Å². The maximum atomic E-state index is 11.2. The van der Waals surface area contributed by atoms with E-state index in [0.717, 1.165) is 16.3 Å². The third-order valence-electron chi connectivity index (χ3n) is 6.57. The molecule has 0 spiro atoms. The van der Waals surface area contributed by atoms with E-state index >= 15 is 0 Å². The lowest BCUT2D eigenvalue weighted by Gasteiger charge is -2.43. The molecule has 2 aliphatic carbocycles. The fourth-order valence-electron chi connectivity index (χ4n) is 5.62. The third kappa shape index (κ3) is 2.34. The molecule has 25 heavy (non-hydrogen) atoms.